The van der Waals surface area contributed by atoms with Crippen molar-refractivity contribution >= 4 is 78.6 Å². The molecular formula is C26H21Br2Cl2FN2O4. The lowest BCUT2D eigenvalue weighted by atomic mass is 9.81. The molecule has 2 saturated carbocycles. The summed E-state index contributed by atoms with van der Waals surface area (Å²) < 4.78 is 13.5. The van der Waals surface area contributed by atoms with Gasteiger partial charge in [0.05, 0.1) is 11.8 Å². The molecule has 6 nitrogen and oxygen atoms in total. The van der Waals surface area contributed by atoms with Crippen molar-refractivity contribution in [1.29, 1.82) is 0 Å². The van der Waals surface area contributed by atoms with E-state index in [1.165, 1.54) is 36.4 Å². The Balaban J connectivity index is 1.59. The lowest BCUT2D eigenvalue weighted by Crippen LogP contribution is -2.58. The van der Waals surface area contributed by atoms with Gasteiger partial charge in [-0.1, -0.05) is 43.5 Å². The van der Waals surface area contributed by atoms with E-state index in [0.29, 0.717) is 5.02 Å². The number of carbonyl (C=O) groups is 4. The summed E-state index contributed by atoms with van der Waals surface area (Å²) in [4.78, 5) is 55.3. The second kappa shape index (κ2) is 10.4. The van der Waals surface area contributed by atoms with E-state index in [1.54, 1.807) is 0 Å². The number of fused-ring (bicyclic) bond motifs is 5. The average Bonchev–Trinajstić information content (AvgIpc) is 3.49. The molecule has 2 aromatic carbocycles. The number of halogens is 5. The summed E-state index contributed by atoms with van der Waals surface area (Å²) in [5.41, 5.74) is 0.277. The molecule has 11 heteroatoms. The van der Waals surface area contributed by atoms with Crippen molar-refractivity contribution in [3.8, 4) is 0 Å². The van der Waals surface area contributed by atoms with Crippen molar-refractivity contribution in [3.05, 3.63) is 70.5 Å². The van der Waals surface area contributed by atoms with E-state index in [2.05, 4.69) is 31.9 Å². The number of hydrogen-bond donors (Lipinski definition) is 0. The smallest absolute Gasteiger partial charge is 0.273 e. The minimum Gasteiger partial charge on any atom is -0.292 e. The average molecular weight is 675 g/mol. The SMILES string of the molecule is O=C(c1ccc(F)cc1)[C@H](CCCl)N(C(=O)c1ccc(Cl)cc1)N1C(=O)[C@@H]2[C@H]3C[C@@H]([C@H](Br)[C@@H]3Br)[C@@H]2C1=O. The number of ketones is 1. The number of amides is 3. The van der Waals surface area contributed by atoms with E-state index in [-0.39, 0.29) is 44.9 Å². The van der Waals surface area contributed by atoms with Gasteiger partial charge in [-0.15, -0.1) is 11.6 Å². The van der Waals surface area contributed by atoms with Crippen LogP contribution in [0.25, 0.3) is 0 Å². The highest BCUT2D eigenvalue weighted by Crippen LogP contribution is 2.60. The van der Waals surface area contributed by atoms with E-state index in [0.717, 1.165) is 28.6 Å². The van der Waals surface area contributed by atoms with Crippen LogP contribution >= 0.6 is 55.1 Å². The fourth-order valence-electron chi connectivity index (χ4n) is 5.92. The van der Waals surface area contributed by atoms with Gasteiger partial charge in [0, 0.05) is 31.7 Å². The topological polar surface area (TPSA) is 74.8 Å². The Labute approximate surface area is 239 Å². The van der Waals surface area contributed by atoms with Crippen LogP contribution in [0.4, 0.5) is 4.39 Å². The summed E-state index contributed by atoms with van der Waals surface area (Å²) in [6.07, 6.45) is 0.690. The first-order chi connectivity index (χ1) is 17.6. The van der Waals surface area contributed by atoms with Gasteiger partial charge in [-0.25, -0.2) is 9.40 Å². The Morgan fingerprint density at radius 2 is 1.46 bits per heavy atom. The maximum atomic E-state index is 13.9. The molecule has 1 aliphatic heterocycles. The zero-order valence-corrected chi connectivity index (χ0v) is 23.9. The molecule has 2 aliphatic carbocycles. The summed E-state index contributed by atoms with van der Waals surface area (Å²) in [6.45, 7) is 0. The molecule has 3 aliphatic rings. The zero-order valence-electron chi connectivity index (χ0n) is 19.2. The van der Waals surface area contributed by atoms with Crippen LogP contribution in [0.5, 0.6) is 0 Å². The summed E-state index contributed by atoms with van der Waals surface area (Å²) in [5, 5.41) is 2.23. The number of benzene rings is 2. The van der Waals surface area contributed by atoms with Crippen molar-refractivity contribution in [2.45, 2.75) is 28.5 Å². The molecule has 0 N–H and O–H groups in total. The molecule has 3 amide bonds. The molecule has 7 atom stereocenters. The highest BCUT2D eigenvalue weighted by molar-refractivity contribution is 9.12. The van der Waals surface area contributed by atoms with Crippen molar-refractivity contribution in [3.63, 3.8) is 0 Å². The maximum Gasteiger partial charge on any atom is 0.273 e. The maximum absolute atomic E-state index is 13.9. The van der Waals surface area contributed by atoms with Crippen LogP contribution in [0.15, 0.2) is 48.5 Å². The van der Waals surface area contributed by atoms with E-state index in [4.69, 9.17) is 23.2 Å². The Morgan fingerprint density at radius 3 is 1.97 bits per heavy atom. The molecular weight excluding hydrogens is 654 g/mol. The predicted molar refractivity (Wildman–Crippen MR) is 143 cm³/mol. The molecule has 2 bridgehead atoms. The van der Waals surface area contributed by atoms with Crippen molar-refractivity contribution in [2.75, 3.05) is 5.88 Å². The first kappa shape index (κ1) is 26.8. The van der Waals surface area contributed by atoms with E-state index in [9.17, 15) is 23.6 Å². The molecule has 2 aromatic rings. The van der Waals surface area contributed by atoms with Crippen molar-refractivity contribution in [1.82, 2.24) is 10.0 Å². The largest absolute Gasteiger partial charge is 0.292 e. The molecule has 1 saturated heterocycles. The summed E-state index contributed by atoms with van der Waals surface area (Å²) >= 11 is 19.4. The number of rotatable bonds is 7. The monoisotopic (exact) mass is 672 g/mol. The molecule has 3 fully saturated rings. The standard InChI is InChI=1S/C26H21Br2Cl2FN2O4/c27-21-16-11-17(22(21)28)20-19(16)25(36)33(26(20)37)32(24(35)13-1-5-14(30)6-2-13)18(9-10-29)23(34)12-3-7-15(31)8-4-12/h1-8,16-22H,9-11H2/t16-,17-,18+,19-,20+,21-,22+/m1/s1. The molecule has 0 spiro atoms. The van der Waals surface area contributed by atoms with Gasteiger partial charge in [-0.2, -0.15) is 5.01 Å². The minimum absolute atomic E-state index is 0.00959. The van der Waals surface area contributed by atoms with Crippen LogP contribution in [0, 0.1) is 29.5 Å². The van der Waals surface area contributed by atoms with Crippen LogP contribution in [0.1, 0.15) is 33.6 Å². The van der Waals surface area contributed by atoms with E-state index >= 15 is 0 Å². The predicted octanol–water partition coefficient (Wildman–Crippen LogP) is 5.49. The van der Waals surface area contributed by atoms with Gasteiger partial charge >= 0.3 is 0 Å². The fraction of sp³-hybridized carbons (Fsp3) is 0.385. The Hall–Kier alpha value is -1.81. The summed E-state index contributed by atoms with van der Waals surface area (Å²) in [6, 6.07) is 9.57. The quantitative estimate of drug-likeness (QED) is 0.221. The highest BCUT2D eigenvalue weighted by atomic mass is 79.9. The minimum atomic E-state index is -1.27. The normalized spacial score (nSPS) is 28.9. The van der Waals surface area contributed by atoms with Gasteiger partial charge in [0.2, 0.25) is 0 Å². The highest BCUT2D eigenvalue weighted by Gasteiger charge is 2.68. The third kappa shape index (κ3) is 4.45. The number of Topliss-reactive ketones (excluding diaryl/α,β-unsaturated/α-hetero) is 1. The molecule has 0 unspecified atom stereocenters. The van der Waals surface area contributed by atoms with Crippen LogP contribution < -0.4 is 0 Å². The lowest BCUT2D eigenvalue weighted by molar-refractivity contribution is -0.157. The molecule has 0 radical (unpaired) electrons. The molecule has 37 heavy (non-hydrogen) atoms. The van der Waals surface area contributed by atoms with Crippen molar-refractivity contribution in [2.24, 2.45) is 23.7 Å². The van der Waals surface area contributed by atoms with Crippen molar-refractivity contribution < 1.29 is 23.6 Å². The second-order valence-electron chi connectivity index (χ2n) is 9.51. The first-order valence-corrected chi connectivity index (χ1v) is 14.5. The second-order valence-corrected chi connectivity index (χ2v) is 12.4. The molecule has 5 rings (SSSR count). The van der Waals surface area contributed by atoms with Gasteiger partial charge in [0.25, 0.3) is 17.7 Å². The first-order valence-electron chi connectivity index (χ1n) is 11.8. The molecule has 0 aromatic heterocycles. The fourth-order valence-corrected chi connectivity index (χ4v) is 8.12. The van der Waals surface area contributed by atoms with Gasteiger partial charge in [-0.3, -0.25) is 19.2 Å². The summed E-state index contributed by atoms with van der Waals surface area (Å²) in [5.74, 6) is -4.14. The van der Waals surface area contributed by atoms with Gasteiger partial charge in [0.1, 0.15) is 11.9 Å². The Kier molecular flexibility index (Phi) is 7.53. The Morgan fingerprint density at radius 1 is 0.946 bits per heavy atom. The number of imide groups is 1. The number of carbonyl (C=O) groups excluding carboxylic acids is 4. The molecule has 194 valence electrons. The Bertz CT molecular complexity index is 1230. The molecule has 1 heterocycles. The van der Waals surface area contributed by atoms with Crippen LogP contribution in [0.3, 0.4) is 0 Å². The van der Waals surface area contributed by atoms with Gasteiger partial charge in [-0.05, 0) is 73.2 Å². The zero-order chi connectivity index (χ0) is 26.6. The summed E-state index contributed by atoms with van der Waals surface area (Å²) in [7, 11) is 0. The number of hydrogen-bond acceptors (Lipinski definition) is 4. The number of nitrogens with zero attached hydrogens (tertiary/aromatic N) is 2. The number of alkyl halides is 3. The van der Waals surface area contributed by atoms with E-state index in [1.807, 2.05) is 0 Å². The number of hydrazine groups is 1. The third-order valence-electron chi connectivity index (χ3n) is 7.59. The van der Waals surface area contributed by atoms with Crippen LogP contribution in [0.2, 0.25) is 5.02 Å². The van der Waals surface area contributed by atoms with Crippen LogP contribution in [-0.2, 0) is 9.59 Å². The van der Waals surface area contributed by atoms with E-state index < -0.39 is 47.2 Å². The van der Waals surface area contributed by atoms with Gasteiger partial charge in [0.15, 0.2) is 5.78 Å². The lowest BCUT2D eigenvalue weighted by Gasteiger charge is -2.36. The third-order valence-corrected chi connectivity index (χ3v) is 11.3. The van der Waals surface area contributed by atoms with Gasteiger partial charge < -0.3 is 0 Å². The van der Waals surface area contributed by atoms with Crippen LogP contribution in [-0.4, -0.2) is 55.1 Å².